The summed E-state index contributed by atoms with van der Waals surface area (Å²) in [6.45, 7) is 13.5. The monoisotopic (exact) mass is 360 g/mol. The predicted octanol–water partition coefficient (Wildman–Crippen LogP) is 3.02. The molecule has 0 radical (unpaired) electrons. The van der Waals surface area contributed by atoms with E-state index in [1.54, 1.807) is 6.92 Å². The lowest BCUT2D eigenvalue weighted by Crippen LogP contribution is -2.49. The Morgan fingerprint density at radius 1 is 1.17 bits per heavy atom. The molecule has 0 saturated carbocycles. The number of hydrogen-bond donors (Lipinski definition) is 1. The van der Waals surface area contributed by atoms with Crippen molar-refractivity contribution in [3.05, 3.63) is 0 Å². The van der Waals surface area contributed by atoms with Crippen molar-refractivity contribution in [2.24, 2.45) is 17.3 Å². The zero-order valence-electron chi connectivity index (χ0n) is 16.3. The fourth-order valence-corrected chi connectivity index (χ4v) is 4.22. The van der Waals surface area contributed by atoms with E-state index >= 15 is 0 Å². The summed E-state index contributed by atoms with van der Waals surface area (Å²) in [7, 11) is -3.13. The molecule has 1 unspecified atom stereocenters. The van der Waals surface area contributed by atoms with Crippen LogP contribution in [0.3, 0.4) is 0 Å². The normalized spacial score (nSPS) is 19.5. The van der Waals surface area contributed by atoms with E-state index in [1.807, 2.05) is 0 Å². The van der Waals surface area contributed by atoms with E-state index in [1.165, 1.54) is 4.31 Å². The number of amides is 1. The molecule has 1 saturated heterocycles. The summed E-state index contributed by atoms with van der Waals surface area (Å²) in [6.07, 6.45) is 3.31. The van der Waals surface area contributed by atoms with Crippen LogP contribution in [0.15, 0.2) is 0 Å². The maximum absolute atomic E-state index is 12.6. The Hall–Kier alpha value is -0.620. The topological polar surface area (TPSA) is 66.5 Å². The number of piperidine rings is 1. The summed E-state index contributed by atoms with van der Waals surface area (Å²) in [4.78, 5) is 12.6. The highest BCUT2D eigenvalue weighted by atomic mass is 32.2. The van der Waals surface area contributed by atoms with Crippen molar-refractivity contribution in [3.8, 4) is 0 Å². The van der Waals surface area contributed by atoms with Gasteiger partial charge in [0.25, 0.3) is 0 Å². The van der Waals surface area contributed by atoms with E-state index in [9.17, 15) is 13.2 Å². The SMILES string of the molecule is CCS(=O)(=O)N1CCC(C(=O)NC(CCC(C)C)C(C)(C)C)CC1. The van der Waals surface area contributed by atoms with Gasteiger partial charge < -0.3 is 5.32 Å². The summed E-state index contributed by atoms with van der Waals surface area (Å²) in [5.74, 6) is 0.768. The van der Waals surface area contributed by atoms with Crippen molar-refractivity contribution < 1.29 is 13.2 Å². The molecule has 1 aliphatic heterocycles. The van der Waals surface area contributed by atoms with E-state index in [-0.39, 0.29) is 29.0 Å². The second-order valence-electron chi connectivity index (χ2n) is 8.47. The molecule has 6 heteroatoms. The summed E-state index contributed by atoms with van der Waals surface area (Å²) in [6, 6.07) is 0.157. The molecule has 1 amide bonds. The van der Waals surface area contributed by atoms with Gasteiger partial charge in [0.05, 0.1) is 5.75 Å². The van der Waals surface area contributed by atoms with Crippen molar-refractivity contribution in [1.29, 1.82) is 0 Å². The Kier molecular flexibility index (Phi) is 7.73. The highest BCUT2D eigenvalue weighted by Gasteiger charge is 2.33. The molecule has 1 N–H and O–H groups in total. The van der Waals surface area contributed by atoms with Crippen LogP contribution in [0.1, 0.15) is 67.2 Å². The van der Waals surface area contributed by atoms with Gasteiger partial charge in [-0.15, -0.1) is 0 Å². The van der Waals surface area contributed by atoms with E-state index in [2.05, 4.69) is 39.9 Å². The van der Waals surface area contributed by atoms with Crippen LogP contribution in [0.5, 0.6) is 0 Å². The Balaban J connectivity index is 2.60. The van der Waals surface area contributed by atoms with E-state index in [4.69, 9.17) is 0 Å². The smallest absolute Gasteiger partial charge is 0.223 e. The predicted molar refractivity (Wildman–Crippen MR) is 99.2 cm³/mol. The van der Waals surface area contributed by atoms with Crippen LogP contribution < -0.4 is 5.32 Å². The second kappa shape index (κ2) is 8.65. The van der Waals surface area contributed by atoms with Crippen molar-refractivity contribution in [2.75, 3.05) is 18.8 Å². The van der Waals surface area contributed by atoms with Crippen LogP contribution in [0.2, 0.25) is 0 Å². The molecule has 24 heavy (non-hydrogen) atoms. The van der Waals surface area contributed by atoms with Gasteiger partial charge in [-0.3, -0.25) is 4.79 Å². The zero-order chi connectivity index (χ0) is 18.5. The third-order valence-electron chi connectivity index (χ3n) is 4.98. The standard InChI is InChI=1S/C18H36N2O3S/c1-7-24(22,23)20-12-10-15(11-13-20)17(21)19-16(18(4,5)6)9-8-14(2)3/h14-16H,7-13H2,1-6H3,(H,19,21). The zero-order valence-corrected chi connectivity index (χ0v) is 17.1. The highest BCUT2D eigenvalue weighted by Crippen LogP contribution is 2.26. The molecule has 1 atom stereocenters. The Morgan fingerprint density at radius 2 is 1.71 bits per heavy atom. The largest absolute Gasteiger partial charge is 0.353 e. The van der Waals surface area contributed by atoms with Gasteiger partial charge in [0.1, 0.15) is 0 Å². The average Bonchev–Trinajstić information content (AvgIpc) is 2.50. The molecule has 0 bridgehead atoms. The minimum atomic E-state index is -3.13. The molecule has 5 nitrogen and oxygen atoms in total. The molecule has 1 heterocycles. The first-order chi connectivity index (χ1) is 11.0. The summed E-state index contributed by atoms with van der Waals surface area (Å²) < 4.78 is 25.4. The molecule has 0 aromatic heterocycles. The van der Waals surface area contributed by atoms with Crippen LogP contribution >= 0.6 is 0 Å². The Bertz CT molecular complexity index is 501. The quantitative estimate of drug-likeness (QED) is 0.759. The fourth-order valence-electron chi connectivity index (χ4n) is 3.09. The molecule has 1 fully saturated rings. The van der Waals surface area contributed by atoms with Gasteiger partial charge >= 0.3 is 0 Å². The van der Waals surface area contributed by atoms with Gasteiger partial charge in [-0.2, -0.15) is 0 Å². The number of hydrogen-bond acceptors (Lipinski definition) is 3. The number of nitrogens with zero attached hydrogens (tertiary/aromatic N) is 1. The second-order valence-corrected chi connectivity index (χ2v) is 10.7. The van der Waals surface area contributed by atoms with Crippen molar-refractivity contribution in [1.82, 2.24) is 9.62 Å². The number of sulfonamides is 1. The molecular formula is C18H36N2O3S. The van der Waals surface area contributed by atoms with E-state index in [0.29, 0.717) is 31.8 Å². The average molecular weight is 361 g/mol. The van der Waals surface area contributed by atoms with Gasteiger partial charge in [-0.05, 0) is 43.9 Å². The third kappa shape index (κ3) is 6.36. The number of nitrogens with one attached hydrogen (secondary N) is 1. The van der Waals surface area contributed by atoms with Gasteiger partial charge in [0, 0.05) is 25.0 Å². The minimum absolute atomic E-state index is 0.0246. The number of rotatable bonds is 7. The summed E-state index contributed by atoms with van der Waals surface area (Å²) >= 11 is 0. The van der Waals surface area contributed by atoms with E-state index in [0.717, 1.165) is 12.8 Å². The van der Waals surface area contributed by atoms with Gasteiger partial charge in [-0.25, -0.2) is 12.7 Å². The number of carbonyl (C=O) groups excluding carboxylic acids is 1. The summed E-state index contributed by atoms with van der Waals surface area (Å²) in [5, 5.41) is 3.24. The Labute approximate surface area is 148 Å². The Morgan fingerprint density at radius 3 is 2.12 bits per heavy atom. The van der Waals surface area contributed by atoms with Crippen LogP contribution in [-0.4, -0.2) is 43.5 Å². The first-order valence-electron chi connectivity index (χ1n) is 9.25. The summed E-state index contributed by atoms with van der Waals surface area (Å²) in [5.41, 5.74) is 0.0246. The minimum Gasteiger partial charge on any atom is -0.353 e. The van der Waals surface area contributed by atoms with Crippen LogP contribution in [0.4, 0.5) is 0 Å². The first kappa shape index (κ1) is 21.4. The maximum Gasteiger partial charge on any atom is 0.223 e. The van der Waals surface area contributed by atoms with Gasteiger partial charge in [0.2, 0.25) is 15.9 Å². The lowest BCUT2D eigenvalue weighted by molar-refractivity contribution is -0.127. The van der Waals surface area contributed by atoms with Crippen LogP contribution in [-0.2, 0) is 14.8 Å². The lowest BCUT2D eigenvalue weighted by atomic mass is 9.82. The highest BCUT2D eigenvalue weighted by molar-refractivity contribution is 7.89. The third-order valence-corrected chi connectivity index (χ3v) is 6.86. The maximum atomic E-state index is 12.6. The molecule has 1 aliphatic rings. The lowest BCUT2D eigenvalue weighted by Gasteiger charge is -2.35. The van der Waals surface area contributed by atoms with Crippen molar-refractivity contribution in [2.45, 2.75) is 73.3 Å². The van der Waals surface area contributed by atoms with Crippen LogP contribution in [0.25, 0.3) is 0 Å². The van der Waals surface area contributed by atoms with Gasteiger partial charge in [0.15, 0.2) is 0 Å². The van der Waals surface area contributed by atoms with E-state index < -0.39 is 10.0 Å². The molecule has 0 aromatic carbocycles. The molecule has 0 aromatic rings. The number of carbonyl (C=O) groups is 1. The first-order valence-corrected chi connectivity index (χ1v) is 10.9. The molecule has 142 valence electrons. The molecule has 0 aliphatic carbocycles. The van der Waals surface area contributed by atoms with Crippen molar-refractivity contribution >= 4 is 15.9 Å². The van der Waals surface area contributed by atoms with Gasteiger partial charge in [-0.1, -0.05) is 34.6 Å². The molecular weight excluding hydrogens is 324 g/mol. The molecule has 1 rings (SSSR count). The van der Waals surface area contributed by atoms with Crippen LogP contribution in [0, 0.1) is 17.3 Å². The molecule has 0 spiro atoms. The fraction of sp³-hybridized carbons (Fsp3) is 0.944. The van der Waals surface area contributed by atoms with Crippen molar-refractivity contribution in [3.63, 3.8) is 0 Å².